The van der Waals surface area contributed by atoms with Gasteiger partial charge in [-0.2, -0.15) is 0 Å². The van der Waals surface area contributed by atoms with Crippen molar-refractivity contribution in [3.8, 4) is 0 Å². The molecular weight excluding hydrogens is 324 g/mol. The predicted molar refractivity (Wildman–Crippen MR) is 96.0 cm³/mol. The fraction of sp³-hybridized carbons (Fsp3) is 0.0526. The van der Waals surface area contributed by atoms with E-state index >= 15 is 0 Å². The molecule has 5 heteroatoms. The molecule has 4 nitrogen and oxygen atoms in total. The topological polar surface area (TPSA) is 58.2 Å². The molecule has 24 heavy (non-hydrogen) atoms. The molecule has 0 saturated heterocycles. The lowest BCUT2D eigenvalue weighted by Gasteiger charge is -2.16. The highest BCUT2D eigenvalue weighted by Crippen LogP contribution is 2.22. The van der Waals surface area contributed by atoms with Crippen LogP contribution < -0.4 is 10.6 Å². The van der Waals surface area contributed by atoms with Gasteiger partial charge in [-0.05, 0) is 35.4 Å². The van der Waals surface area contributed by atoms with Gasteiger partial charge in [-0.1, -0.05) is 41.9 Å². The van der Waals surface area contributed by atoms with Gasteiger partial charge in [0.2, 0.25) is 0 Å². The van der Waals surface area contributed by atoms with Crippen LogP contribution in [-0.2, 0) is 4.79 Å². The molecule has 1 aliphatic heterocycles. The third-order valence-corrected chi connectivity index (χ3v) is 3.81. The lowest BCUT2D eigenvalue weighted by molar-refractivity contribution is -0.112. The Kier molecular flexibility index (Phi) is 4.77. The number of aldehydes is 1. The van der Waals surface area contributed by atoms with Gasteiger partial charge >= 0.3 is 0 Å². The van der Waals surface area contributed by atoms with Crippen molar-refractivity contribution in [3.63, 3.8) is 0 Å². The number of amides is 1. The molecular formula is C19H15ClN2O2. The molecule has 1 aliphatic rings. The highest BCUT2D eigenvalue weighted by atomic mass is 35.5. The predicted octanol–water partition coefficient (Wildman–Crippen LogP) is 3.66. The first-order valence-corrected chi connectivity index (χ1v) is 7.80. The molecule has 2 N–H and O–H groups in total. The summed E-state index contributed by atoms with van der Waals surface area (Å²) in [6, 6.07) is 14.6. The van der Waals surface area contributed by atoms with Gasteiger partial charge in [-0.25, -0.2) is 0 Å². The van der Waals surface area contributed by atoms with Gasteiger partial charge in [-0.15, -0.1) is 0 Å². The van der Waals surface area contributed by atoms with Gasteiger partial charge in [-0.3, -0.25) is 9.59 Å². The largest absolute Gasteiger partial charge is 0.386 e. The Hall–Kier alpha value is -2.85. The van der Waals surface area contributed by atoms with Crippen molar-refractivity contribution in [1.29, 1.82) is 0 Å². The minimum absolute atomic E-state index is 0.233. The van der Waals surface area contributed by atoms with Crippen LogP contribution in [-0.4, -0.2) is 18.7 Å². The van der Waals surface area contributed by atoms with E-state index in [0.717, 1.165) is 11.1 Å². The van der Waals surface area contributed by atoms with E-state index in [1.807, 2.05) is 42.6 Å². The molecule has 0 bridgehead atoms. The van der Waals surface area contributed by atoms with Gasteiger partial charge in [0.25, 0.3) is 5.91 Å². The number of hydrogen-bond donors (Lipinski definition) is 2. The fourth-order valence-corrected chi connectivity index (χ4v) is 2.70. The molecule has 0 saturated carbocycles. The summed E-state index contributed by atoms with van der Waals surface area (Å²) in [7, 11) is 0. The molecule has 3 rings (SSSR count). The van der Waals surface area contributed by atoms with Crippen molar-refractivity contribution in [2.45, 2.75) is 0 Å². The summed E-state index contributed by atoms with van der Waals surface area (Å²) in [6.07, 6.45) is 4.43. The number of halogens is 1. The van der Waals surface area contributed by atoms with Crippen molar-refractivity contribution in [1.82, 2.24) is 5.32 Å². The molecule has 0 fully saturated rings. The van der Waals surface area contributed by atoms with Gasteiger partial charge in [0, 0.05) is 34.6 Å². The van der Waals surface area contributed by atoms with E-state index in [-0.39, 0.29) is 5.91 Å². The molecule has 0 aromatic heterocycles. The van der Waals surface area contributed by atoms with E-state index in [1.165, 1.54) is 0 Å². The van der Waals surface area contributed by atoms with Crippen LogP contribution in [0.15, 0.2) is 66.4 Å². The minimum atomic E-state index is -0.233. The highest BCUT2D eigenvalue weighted by Gasteiger charge is 2.14. The average molecular weight is 339 g/mol. The maximum absolute atomic E-state index is 12.5. The molecule has 1 heterocycles. The van der Waals surface area contributed by atoms with E-state index in [2.05, 4.69) is 10.6 Å². The third kappa shape index (κ3) is 3.73. The van der Waals surface area contributed by atoms with E-state index in [9.17, 15) is 9.59 Å². The van der Waals surface area contributed by atoms with E-state index in [0.29, 0.717) is 34.7 Å². The Morgan fingerprint density at radius 1 is 1.17 bits per heavy atom. The molecule has 1 amide bonds. The van der Waals surface area contributed by atoms with Gasteiger partial charge in [0.1, 0.15) is 6.29 Å². The third-order valence-electron chi connectivity index (χ3n) is 3.59. The Labute approximate surface area is 144 Å². The van der Waals surface area contributed by atoms with Crippen LogP contribution in [0.5, 0.6) is 0 Å². The molecule has 2 aromatic rings. The number of anilines is 1. The maximum atomic E-state index is 12.5. The molecule has 0 unspecified atom stereocenters. The number of hydrogen-bond acceptors (Lipinski definition) is 3. The second-order valence-electron chi connectivity index (χ2n) is 5.36. The first-order chi connectivity index (χ1) is 11.7. The van der Waals surface area contributed by atoms with Crippen molar-refractivity contribution < 1.29 is 9.59 Å². The van der Waals surface area contributed by atoms with Crippen LogP contribution in [0.25, 0.3) is 5.57 Å². The normalized spacial score (nSPS) is 13.4. The van der Waals surface area contributed by atoms with Crippen LogP contribution >= 0.6 is 11.6 Å². The average Bonchev–Trinajstić information content (AvgIpc) is 2.62. The molecule has 0 radical (unpaired) electrons. The maximum Gasteiger partial charge on any atom is 0.253 e. The van der Waals surface area contributed by atoms with Crippen LogP contribution in [0.4, 0.5) is 5.69 Å². The number of nitrogens with one attached hydrogen (secondary N) is 2. The van der Waals surface area contributed by atoms with E-state index in [1.54, 1.807) is 18.2 Å². The fourth-order valence-electron chi connectivity index (χ4n) is 2.46. The van der Waals surface area contributed by atoms with Crippen molar-refractivity contribution >= 4 is 35.1 Å². The molecule has 2 aromatic carbocycles. The smallest absolute Gasteiger partial charge is 0.253 e. The summed E-state index contributed by atoms with van der Waals surface area (Å²) in [5.41, 5.74) is 3.47. The van der Waals surface area contributed by atoms with Crippen LogP contribution in [0.2, 0.25) is 5.02 Å². The Morgan fingerprint density at radius 2 is 1.96 bits per heavy atom. The Balaban J connectivity index is 1.80. The van der Waals surface area contributed by atoms with Crippen LogP contribution in [0.1, 0.15) is 15.9 Å². The summed E-state index contributed by atoms with van der Waals surface area (Å²) < 4.78 is 0. The first-order valence-electron chi connectivity index (χ1n) is 7.42. The number of carbonyl (C=O) groups excluding carboxylic acids is 2. The van der Waals surface area contributed by atoms with Crippen molar-refractivity contribution in [2.75, 3.05) is 11.9 Å². The molecule has 120 valence electrons. The number of carbonyl (C=O) groups is 2. The molecule has 0 aliphatic carbocycles. The standard InChI is InChI=1S/C19H15ClN2O2/c20-17-6-13(12-23)7-18(9-17)22-19(24)16-8-15(10-21-11-16)14-4-2-1-3-5-14/h1-10,12,21H,11H2,(H,22,24). The Bertz CT molecular complexity index is 842. The summed E-state index contributed by atoms with van der Waals surface area (Å²) in [5, 5.41) is 6.29. The quantitative estimate of drug-likeness (QED) is 0.836. The number of rotatable bonds is 4. The van der Waals surface area contributed by atoms with E-state index < -0.39 is 0 Å². The monoisotopic (exact) mass is 338 g/mol. The zero-order valence-electron chi connectivity index (χ0n) is 12.8. The van der Waals surface area contributed by atoms with Crippen LogP contribution in [0.3, 0.4) is 0 Å². The SMILES string of the molecule is O=Cc1cc(Cl)cc(NC(=O)C2=CC(c3ccccc3)=CNC2)c1. The van der Waals surface area contributed by atoms with Crippen molar-refractivity contribution in [2.24, 2.45) is 0 Å². The van der Waals surface area contributed by atoms with E-state index in [4.69, 9.17) is 11.6 Å². The zero-order valence-corrected chi connectivity index (χ0v) is 13.5. The van der Waals surface area contributed by atoms with Crippen molar-refractivity contribution in [3.05, 3.63) is 82.5 Å². The first kappa shape index (κ1) is 16.0. The number of allylic oxidation sites excluding steroid dienone is 2. The lowest BCUT2D eigenvalue weighted by Crippen LogP contribution is -2.25. The highest BCUT2D eigenvalue weighted by molar-refractivity contribution is 6.31. The van der Waals surface area contributed by atoms with Gasteiger partial charge < -0.3 is 10.6 Å². The Morgan fingerprint density at radius 3 is 2.71 bits per heavy atom. The van der Waals surface area contributed by atoms with Gasteiger partial charge in [0.05, 0.1) is 0 Å². The summed E-state index contributed by atoms with van der Waals surface area (Å²) >= 11 is 5.95. The minimum Gasteiger partial charge on any atom is -0.386 e. The second-order valence-corrected chi connectivity index (χ2v) is 5.80. The summed E-state index contributed by atoms with van der Waals surface area (Å²) in [6.45, 7) is 0.434. The van der Waals surface area contributed by atoms with Gasteiger partial charge in [0.15, 0.2) is 0 Å². The summed E-state index contributed by atoms with van der Waals surface area (Å²) in [5.74, 6) is -0.233. The molecule has 0 atom stereocenters. The number of dihydropyridines is 1. The lowest BCUT2D eigenvalue weighted by atomic mass is 10.0. The van der Waals surface area contributed by atoms with Crippen LogP contribution in [0, 0.1) is 0 Å². The second kappa shape index (κ2) is 7.15. The zero-order chi connectivity index (χ0) is 16.9. The number of benzene rings is 2. The molecule has 0 spiro atoms. The summed E-state index contributed by atoms with van der Waals surface area (Å²) in [4.78, 5) is 23.4.